The highest BCUT2D eigenvalue weighted by molar-refractivity contribution is 4.84. The summed E-state index contributed by atoms with van der Waals surface area (Å²) < 4.78 is 0. The SMILES string of the molecule is CCC1CCN(C2CCC(O)CC2)C1. The van der Waals surface area contributed by atoms with Crippen molar-refractivity contribution in [2.45, 2.75) is 57.6 Å². The molecule has 0 spiro atoms. The summed E-state index contributed by atoms with van der Waals surface area (Å²) >= 11 is 0. The molecule has 1 aliphatic heterocycles. The average Bonchev–Trinajstić information content (AvgIpc) is 2.67. The second-order valence-corrected chi connectivity index (χ2v) is 5.02. The first-order chi connectivity index (χ1) is 6.79. The number of aliphatic hydroxyl groups is 1. The van der Waals surface area contributed by atoms with Gasteiger partial charge < -0.3 is 10.0 Å². The summed E-state index contributed by atoms with van der Waals surface area (Å²) in [7, 11) is 0. The van der Waals surface area contributed by atoms with E-state index in [2.05, 4.69) is 11.8 Å². The van der Waals surface area contributed by atoms with Crippen LogP contribution in [0.3, 0.4) is 0 Å². The molecule has 0 radical (unpaired) electrons. The van der Waals surface area contributed by atoms with Crippen LogP contribution in [-0.2, 0) is 0 Å². The lowest BCUT2D eigenvalue weighted by Gasteiger charge is -2.33. The molecule has 0 bridgehead atoms. The molecule has 2 nitrogen and oxygen atoms in total. The van der Waals surface area contributed by atoms with Gasteiger partial charge in [-0.25, -0.2) is 0 Å². The molecule has 0 aromatic rings. The Bertz CT molecular complexity index is 175. The number of hydrogen-bond acceptors (Lipinski definition) is 2. The van der Waals surface area contributed by atoms with Gasteiger partial charge in [-0.2, -0.15) is 0 Å². The van der Waals surface area contributed by atoms with Crippen LogP contribution in [0.15, 0.2) is 0 Å². The molecule has 1 saturated heterocycles. The predicted octanol–water partition coefficient (Wildman–Crippen LogP) is 2.02. The highest BCUT2D eigenvalue weighted by Crippen LogP contribution is 2.28. The molecule has 1 heterocycles. The maximum atomic E-state index is 9.45. The van der Waals surface area contributed by atoms with Gasteiger partial charge in [0, 0.05) is 12.6 Å². The van der Waals surface area contributed by atoms with Gasteiger partial charge >= 0.3 is 0 Å². The Morgan fingerprint density at radius 2 is 1.86 bits per heavy atom. The second kappa shape index (κ2) is 4.63. The molecule has 0 aromatic heterocycles. The van der Waals surface area contributed by atoms with Crippen LogP contribution < -0.4 is 0 Å². The molecule has 2 aliphatic rings. The van der Waals surface area contributed by atoms with E-state index in [1.54, 1.807) is 0 Å². The van der Waals surface area contributed by atoms with Crippen LogP contribution in [-0.4, -0.2) is 35.2 Å². The summed E-state index contributed by atoms with van der Waals surface area (Å²) in [4.78, 5) is 2.67. The number of rotatable bonds is 2. The minimum atomic E-state index is -0.00387. The first-order valence-electron chi connectivity index (χ1n) is 6.21. The first-order valence-corrected chi connectivity index (χ1v) is 6.21. The molecule has 0 amide bonds. The first kappa shape index (κ1) is 10.4. The smallest absolute Gasteiger partial charge is 0.0541 e. The van der Waals surface area contributed by atoms with Crippen LogP contribution in [0.25, 0.3) is 0 Å². The number of likely N-dealkylation sites (tertiary alicyclic amines) is 1. The molecule has 2 fully saturated rings. The summed E-state index contributed by atoms with van der Waals surface area (Å²) in [5.74, 6) is 0.946. The zero-order valence-corrected chi connectivity index (χ0v) is 9.28. The van der Waals surface area contributed by atoms with Gasteiger partial charge in [0.1, 0.15) is 0 Å². The molecule has 1 aliphatic carbocycles. The van der Waals surface area contributed by atoms with Crippen molar-refractivity contribution in [1.29, 1.82) is 0 Å². The van der Waals surface area contributed by atoms with E-state index in [0.29, 0.717) is 0 Å². The van der Waals surface area contributed by atoms with E-state index >= 15 is 0 Å². The molecule has 1 atom stereocenters. The van der Waals surface area contributed by atoms with Gasteiger partial charge in [0.05, 0.1) is 6.10 Å². The fraction of sp³-hybridized carbons (Fsp3) is 1.00. The topological polar surface area (TPSA) is 23.5 Å². The Morgan fingerprint density at radius 3 is 2.43 bits per heavy atom. The zero-order chi connectivity index (χ0) is 9.97. The third-order valence-electron chi connectivity index (χ3n) is 4.08. The Morgan fingerprint density at radius 1 is 1.14 bits per heavy atom. The number of aliphatic hydroxyl groups excluding tert-OH is 1. The quantitative estimate of drug-likeness (QED) is 0.732. The predicted molar refractivity (Wildman–Crippen MR) is 58.2 cm³/mol. The van der Waals surface area contributed by atoms with Crippen LogP contribution >= 0.6 is 0 Å². The number of hydrogen-bond donors (Lipinski definition) is 1. The van der Waals surface area contributed by atoms with Crippen molar-refractivity contribution >= 4 is 0 Å². The second-order valence-electron chi connectivity index (χ2n) is 5.02. The minimum absolute atomic E-state index is 0.00387. The van der Waals surface area contributed by atoms with Crippen molar-refractivity contribution in [3.8, 4) is 0 Å². The Balaban J connectivity index is 1.79. The third kappa shape index (κ3) is 2.29. The van der Waals surface area contributed by atoms with Crippen molar-refractivity contribution in [3.05, 3.63) is 0 Å². The van der Waals surface area contributed by atoms with Crippen LogP contribution in [0.5, 0.6) is 0 Å². The maximum absolute atomic E-state index is 9.45. The summed E-state index contributed by atoms with van der Waals surface area (Å²) in [5.41, 5.74) is 0. The minimum Gasteiger partial charge on any atom is -0.393 e. The summed E-state index contributed by atoms with van der Waals surface area (Å²) in [6, 6.07) is 0.787. The normalized spacial score (nSPS) is 40.3. The Hall–Kier alpha value is -0.0800. The van der Waals surface area contributed by atoms with E-state index in [4.69, 9.17) is 0 Å². The van der Waals surface area contributed by atoms with Crippen molar-refractivity contribution in [1.82, 2.24) is 4.90 Å². The molecule has 1 unspecified atom stereocenters. The average molecular weight is 197 g/mol. The molecule has 2 heteroatoms. The Labute approximate surface area is 87.3 Å². The molecular weight excluding hydrogens is 174 g/mol. The van der Waals surface area contributed by atoms with E-state index in [1.165, 1.54) is 38.8 Å². The summed E-state index contributed by atoms with van der Waals surface area (Å²) in [6.07, 6.45) is 7.22. The van der Waals surface area contributed by atoms with Gasteiger partial charge in [-0.1, -0.05) is 13.3 Å². The largest absolute Gasteiger partial charge is 0.393 e. The van der Waals surface area contributed by atoms with Crippen molar-refractivity contribution in [2.24, 2.45) is 5.92 Å². The summed E-state index contributed by atoms with van der Waals surface area (Å²) in [6.45, 7) is 4.93. The van der Waals surface area contributed by atoms with Gasteiger partial charge in [0.25, 0.3) is 0 Å². The fourth-order valence-corrected chi connectivity index (χ4v) is 2.95. The van der Waals surface area contributed by atoms with E-state index in [0.717, 1.165) is 24.8 Å². The van der Waals surface area contributed by atoms with Crippen LogP contribution in [0.4, 0.5) is 0 Å². The molecule has 14 heavy (non-hydrogen) atoms. The highest BCUT2D eigenvalue weighted by atomic mass is 16.3. The lowest BCUT2D eigenvalue weighted by Crippen LogP contribution is -2.37. The molecule has 1 saturated carbocycles. The molecule has 1 N–H and O–H groups in total. The molecule has 2 rings (SSSR count). The zero-order valence-electron chi connectivity index (χ0n) is 9.28. The molecule has 82 valence electrons. The van der Waals surface area contributed by atoms with Crippen molar-refractivity contribution in [3.63, 3.8) is 0 Å². The van der Waals surface area contributed by atoms with Gasteiger partial charge in [-0.15, -0.1) is 0 Å². The fourth-order valence-electron chi connectivity index (χ4n) is 2.95. The van der Waals surface area contributed by atoms with Crippen LogP contribution in [0.1, 0.15) is 45.4 Å². The van der Waals surface area contributed by atoms with Crippen molar-refractivity contribution in [2.75, 3.05) is 13.1 Å². The lowest BCUT2D eigenvalue weighted by molar-refractivity contribution is 0.0821. The monoisotopic (exact) mass is 197 g/mol. The molecule has 0 aromatic carbocycles. The van der Waals surface area contributed by atoms with Crippen LogP contribution in [0, 0.1) is 5.92 Å². The Kier molecular flexibility index (Phi) is 3.45. The van der Waals surface area contributed by atoms with Crippen LogP contribution in [0.2, 0.25) is 0 Å². The van der Waals surface area contributed by atoms with E-state index in [-0.39, 0.29) is 6.10 Å². The number of nitrogens with zero attached hydrogens (tertiary/aromatic N) is 1. The van der Waals surface area contributed by atoms with Gasteiger partial charge in [0.15, 0.2) is 0 Å². The van der Waals surface area contributed by atoms with Crippen molar-refractivity contribution < 1.29 is 5.11 Å². The highest BCUT2D eigenvalue weighted by Gasteiger charge is 2.29. The lowest BCUT2D eigenvalue weighted by atomic mass is 9.92. The summed E-state index contributed by atoms with van der Waals surface area (Å²) in [5, 5.41) is 9.45. The van der Waals surface area contributed by atoms with E-state index in [1.807, 2.05) is 0 Å². The van der Waals surface area contributed by atoms with Gasteiger partial charge in [0.2, 0.25) is 0 Å². The van der Waals surface area contributed by atoms with Gasteiger partial charge in [-0.05, 0) is 44.6 Å². The maximum Gasteiger partial charge on any atom is 0.0541 e. The third-order valence-corrected chi connectivity index (χ3v) is 4.08. The van der Waals surface area contributed by atoms with E-state index < -0.39 is 0 Å². The molecular formula is C12H23NO. The van der Waals surface area contributed by atoms with Gasteiger partial charge in [-0.3, -0.25) is 0 Å². The van der Waals surface area contributed by atoms with E-state index in [9.17, 15) is 5.11 Å². The standard InChI is InChI=1S/C12H23NO/c1-2-10-7-8-13(9-10)11-3-5-12(14)6-4-11/h10-12,14H,2-9H2,1H3.